The van der Waals surface area contributed by atoms with Gasteiger partial charge in [0.15, 0.2) is 0 Å². The van der Waals surface area contributed by atoms with Gasteiger partial charge in [-0.1, -0.05) is 12.1 Å². The molecule has 0 atom stereocenters. The molecule has 1 radical (unpaired) electrons. The first-order valence-electron chi connectivity index (χ1n) is 3.58. The maximum absolute atomic E-state index is 12.7. The van der Waals surface area contributed by atoms with Gasteiger partial charge in [0.05, 0.1) is 6.26 Å². The average molecular weight is 161 g/mol. The molecule has 2 aromatic rings. The highest BCUT2D eigenvalue weighted by Gasteiger charge is 2.00. The van der Waals surface area contributed by atoms with Crippen molar-refractivity contribution in [3.05, 3.63) is 48.5 Å². The van der Waals surface area contributed by atoms with Gasteiger partial charge < -0.3 is 4.42 Å². The molecular formula is C10H6FO. The van der Waals surface area contributed by atoms with Crippen LogP contribution >= 0.6 is 0 Å². The van der Waals surface area contributed by atoms with Gasteiger partial charge in [0, 0.05) is 11.6 Å². The van der Waals surface area contributed by atoms with Crippen LogP contribution in [-0.4, -0.2) is 0 Å². The maximum atomic E-state index is 12.7. The van der Waals surface area contributed by atoms with E-state index in [0.29, 0.717) is 11.3 Å². The minimum absolute atomic E-state index is 0.371. The molecule has 0 saturated carbocycles. The number of hydrogen-bond donors (Lipinski definition) is 0. The summed E-state index contributed by atoms with van der Waals surface area (Å²) in [6.07, 6.45) is 1.55. The van der Waals surface area contributed by atoms with E-state index in [4.69, 9.17) is 4.42 Å². The number of benzene rings is 1. The zero-order chi connectivity index (χ0) is 8.39. The standard InChI is InChI=1S/C10H6FO/c11-9-4-1-3-8(7-9)10-5-2-6-12-10/h1-6H. The van der Waals surface area contributed by atoms with Gasteiger partial charge in [-0.05, 0) is 18.2 Å². The smallest absolute Gasteiger partial charge is 0.134 e. The second-order valence-corrected chi connectivity index (χ2v) is 2.39. The summed E-state index contributed by atoms with van der Waals surface area (Å²) in [6.45, 7) is 0. The van der Waals surface area contributed by atoms with Crippen molar-refractivity contribution in [2.45, 2.75) is 0 Å². The molecule has 2 heteroatoms. The highest BCUT2D eigenvalue weighted by molar-refractivity contribution is 5.55. The summed E-state index contributed by atoms with van der Waals surface area (Å²) < 4.78 is 17.7. The molecule has 0 fully saturated rings. The summed E-state index contributed by atoms with van der Waals surface area (Å²) in [5.41, 5.74) is 0.639. The number of hydrogen-bond acceptors (Lipinski definition) is 1. The number of furan rings is 1. The van der Waals surface area contributed by atoms with E-state index >= 15 is 0 Å². The van der Waals surface area contributed by atoms with Crippen molar-refractivity contribution in [1.29, 1.82) is 0 Å². The minimum Gasteiger partial charge on any atom is -0.464 e. The Morgan fingerprint density at radius 1 is 1.17 bits per heavy atom. The Hall–Kier alpha value is -1.57. The van der Waals surface area contributed by atoms with Crippen molar-refractivity contribution in [2.75, 3.05) is 0 Å². The Balaban J connectivity index is 2.48. The third kappa shape index (κ3) is 1.23. The van der Waals surface area contributed by atoms with Crippen LogP contribution in [0.15, 0.2) is 41.0 Å². The summed E-state index contributed by atoms with van der Waals surface area (Å²) in [7, 11) is 0. The second-order valence-electron chi connectivity index (χ2n) is 2.39. The van der Waals surface area contributed by atoms with Crippen molar-refractivity contribution in [2.24, 2.45) is 0 Å². The van der Waals surface area contributed by atoms with Gasteiger partial charge >= 0.3 is 0 Å². The van der Waals surface area contributed by atoms with Gasteiger partial charge in [-0.2, -0.15) is 0 Å². The molecule has 0 N–H and O–H groups in total. The fraction of sp³-hybridized carbons (Fsp3) is 0. The molecule has 0 aliphatic rings. The Morgan fingerprint density at radius 3 is 2.75 bits per heavy atom. The Morgan fingerprint density at radius 2 is 2.08 bits per heavy atom. The van der Waals surface area contributed by atoms with E-state index < -0.39 is 0 Å². The van der Waals surface area contributed by atoms with E-state index in [1.54, 1.807) is 30.5 Å². The highest BCUT2D eigenvalue weighted by atomic mass is 19.1. The first kappa shape index (κ1) is 7.10. The van der Waals surface area contributed by atoms with Gasteiger partial charge in [-0.15, -0.1) is 0 Å². The summed E-state index contributed by atoms with van der Waals surface area (Å²) in [5.74, 6) is 0.262. The molecule has 1 aromatic carbocycles. The Labute approximate surface area is 69.4 Å². The first-order chi connectivity index (χ1) is 5.86. The Kier molecular flexibility index (Phi) is 1.67. The van der Waals surface area contributed by atoms with Crippen LogP contribution < -0.4 is 0 Å². The van der Waals surface area contributed by atoms with E-state index in [2.05, 4.69) is 6.07 Å². The van der Waals surface area contributed by atoms with Crippen molar-refractivity contribution < 1.29 is 8.81 Å². The van der Waals surface area contributed by atoms with Gasteiger partial charge in [-0.25, -0.2) is 4.39 Å². The molecule has 59 valence electrons. The van der Waals surface area contributed by atoms with Gasteiger partial charge in [-0.3, -0.25) is 0 Å². The van der Waals surface area contributed by atoms with Crippen LogP contribution in [0.3, 0.4) is 0 Å². The van der Waals surface area contributed by atoms with Crippen molar-refractivity contribution in [1.82, 2.24) is 0 Å². The molecule has 0 unspecified atom stereocenters. The lowest BCUT2D eigenvalue weighted by molar-refractivity contribution is 0.579. The van der Waals surface area contributed by atoms with Crippen LogP contribution in [0.1, 0.15) is 0 Å². The van der Waals surface area contributed by atoms with Gasteiger partial charge in [0.2, 0.25) is 0 Å². The van der Waals surface area contributed by atoms with Crippen LogP contribution in [0, 0.1) is 11.9 Å². The summed E-state index contributed by atoms with van der Waals surface area (Å²) >= 11 is 0. The van der Waals surface area contributed by atoms with Crippen molar-refractivity contribution >= 4 is 0 Å². The van der Waals surface area contributed by atoms with Crippen LogP contribution in [0.5, 0.6) is 0 Å². The number of rotatable bonds is 1. The largest absolute Gasteiger partial charge is 0.464 e. The third-order valence-electron chi connectivity index (χ3n) is 1.55. The lowest BCUT2D eigenvalue weighted by Gasteiger charge is -1.94. The molecule has 12 heavy (non-hydrogen) atoms. The van der Waals surface area contributed by atoms with Crippen molar-refractivity contribution in [3.63, 3.8) is 0 Å². The van der Waals surface area contributed by atoms with E-state index in [1.807, 2.05) is 0 Å². The summed E-state index contributed by atoms with van der Waals surface area (Å²) in [4.78, 5) is 0. The molecular weight excluding hydrogens is 155 g/mol. The summed E-state index contributed by atoms with van der Waals surface area (Å²) in [6, 6.07) is 10.8. The number of halogens is 1. The molecule has 1 nitrogen and oxygen atoms in total. The topological polar surface area (TPSA) is 13.1 Å². The third-order valence-corrected chi connectivity index (χ3v) is 1.55. The monoisotopic (exact) mass is 161 g/mol. The lowest BCUT2D eigenvalue weighted by atomic mass is 10.2. The fourth-order valence-corrected chi connectivity index (χ4v) is 1.02. The Bertz CT molecular complexity index is 365. The zero-order valence-electron chi connectivity index (χ0n) is 6.25. The molecule has 0 bridgehead atoms. The van der Waals surface area contributed by atoms with Crippen LogP contribution in [-0.2, 0) is 0 Å². The van der Waals surface area contributed by atoms with E-state index in [1.165, 1.54) is 6.07 Å². The quantitative estimate of drug-likeness (QED) is 0.626. The van der Waals surface area contributed by atoms with Crippen molar-refractivity contribution in [3.8, 4) is 11.3 Å². The van der Waals surface area contributed by atoms with Crippen LogP contribution in [0.4, 0.5) is 4.39 Å². The highest BCUT2D eigenvalue weighted by Crippen LogP contribution is 2.19. The van der Waals surface area contributed by atoms with E-state index in [0.717, 1.165) is 0 Å². The normalized spacial score (nSPS) is 10.1. The molecule has 1 aromatic heterocycles. The predicted molar refractivity (Wildman–Crippen MR) is 42.9 cm³/mol. The molecule has 0 spiro atoms. The fourth-order valence-electron chi connectivity index (χ4n) is 1.02. The second kappa shape index (κ2) is 2.81. The van der Waals surface area contributed by atoms with E-state index in [9.17, 15) is 4.39 Å². The summed E-state index contributed by atoms with van der Waals surface area (Å²) in [5, 5.41) is 0. The molecule has 0 aliphatic carbocycles. The molecule has 2 rings (SSSR count). The van der Waals surface area contributed by atoms with E-state index in [-0.39, 0.29) is 5.82 Å². The molecule has 1 heterocycles. The SMILES string of the molecule is Fc1[c]c(-c2ccco2)ccc1. The average Bonchev–Trinajstić information content (AvgIpc) is 2.56. The maximum Gasteiger partial charge on any atom is 0.134 e. The minimum atomic E-state index is -0.371. The zero-order valence-corrected chi connectivity index (χ0v) is 6.25. The molecule has 0 saturated heterocycles. The molecule has 0 amide bonds. The van der Waals surface area contributed by atoms with Gasteiger partial charge in [0.25, 0.3) is 0 Å². The van der Waals surface area contributed by atoms with Crippen LogP contribution in [0.25, 0.3) is 11.3 Å². The molecule has 0 aliphatic heterocycles. The van der Waals surface area contributed by atoms with Gasteiger partial charge in [0.1, 0.15) is 11.6 Å². The first-order valence-corrected chi connectivity index (χ1v) is 3.58. The lowest BCUT2D eigenvalue weighted by Crippen LogP contribution is -1.76. The van der Waals surface area contributed by atoms with Crippen LogP contribution in [0.2, 0.25) is 0 Å². The predicted octanol–water partition coefficient (Wildman–Crippen LogP) is 2.89.